The molecule has 1 atom stereocenters. The summed E-state index contributed by atoms with van der Waals surface area (Å²) in [6.45, 7) is 9.12. The molecule has 2 aromatic carbocycles. The van der Waals surface area contributed by atoms with Crippen LogP contribution in [0, 0.1) is 5.92 Å². The van der Waals surface area contributed by atoms with Crippen molar-refractivity contribution in [2.24, 2.45) is 5.92 Å². The van der Waals surface area contributed by atoms with Crippen molar-refractivity contribution in [2.75, 3.05) is 29.3 Å². The van der Waals surface area contributed by atoms with Crippen LogP contribution in [0.1, 0.15) is 56.5 Å². The summed E-state index contributed by atoms with van der Waals surface area (Å²) in [5, 5.41) is 9.81. The van der Waals surface area contributed by atoms with Crippen LogP contribution in [0.3, 0.4) is 0 Å². The van der Waals surface area contributed by atoms with Crippen LogP contribution in [-0.4, -0.2) is 45.2 Å². The molecule has 0 spiro atoms. The summed E-state index contributed by atoms with van der Waals surface area (Å²) in [7, 11) is -3.90. The number of nitrogens with zero attached hydrogens (tertiary/aromatic N) is 1. The lowest BCUT2D eigenvalue weighted by Crippen LogP contribution is -2.40. The molecule has 0 bridgehead atoms. The zero-order chi connectivity index (χ0) is 25.1. The van der Waals surface area contributed by atoms with E-state index in [0.29, 0.717) is 31.8 Å². The van der Waals surface area contributed by atoms with Crippen molar-refractivity contribution in [2.45, 2.75) is 50.8 Å². The molecule has 184 valence electrons. The number of ether oxygens (including phenoxy) is 1. The van der Waals surface area contributed by atoms with Gasteiger partial charge in [0.15, 0.2) is 0 Å². The minimum atomic E-state index is -3.90. The molecule has 0 unspecified atom stereocenters. The van der Waals surface area contributed by atoms with Crippen molar-refractivity contribution in [3.05, 3.63) is 53.6 Å². The number of carbonyl (C=O) groups is 2. The molecule has 0 saturated carbocycles. The number of carboxylic acids is 1. The monoisotopic (exact) mass is 488 g/mol. The number of esters is 1. The molecule has 1 heterocycles. The first-order valence-electron chi connectivity index (χ1n) is 11.3. The van der Waals surface area contributed by atoms with Gasteiger partial charge < -0.3 is 14.7 Å². The van der Waals surface area contributed by atoms with Gasteiger partial charge in [-0.2, -0.15) is 0 Å². The Kier molecular flexibility index (Phi) is 7.55. The molecular formula is C25H32N2O6S. The molecule has 0 aromatic heterocycles. The third kappa shape index (κ3) is 5.88. The van der Waals surface area contributed by atoms with Crippen molar-refractivity contribution < 1.29 is 27.9 Å². The number of hydrogen-bond acceptors (Lipinski definition) is 6. The third-order valence-electron chi connectivity index (χ3n) is 5.89. The molecule has 0 amide bonds. The van der Waals surface area contributed by atoms with Crippen molar-refractivity contribution in [1.82, 2.24) is 0 Å². The zero-order valence-corrected chi connectivity index (χ0v) is 20.8. The molecule has 2 N–H and O–H groups in total. The van der Waals surface area contributed by atoms with Crippen LogP contribution < -0.4 is 9.62 Å². The van der Waals surface area contributed by atoms with Gasteiger partial charge in [-0.05, 0) is 61.1 Å². The highest BCUT2D eigenvalue weighted by molar-refractivity contribution is 7.92. The Morgan fingerprint density at radius 1 is 1.15 bits per heavy atom. The van der Waals surface area contributed by atoms with Crippen LogP contribution in [0.5, 0.6) is 0 Å². The normalized spacial score (nSPS) is 16.7. The smallest absolute Gasteiger partial charge is 0.337 e. The highest BCUT2D eigenvalue weighted by Crippen LogP contribution is 2.30. The Labute approximate surface area is 201 Å². The number of sulfonamides is 1. The molecule has 0 aliphatic carbocycles. The number of anilines is 2. The zero-order valence-electron chi connectivity index (χ0n) is 20.0. The molecule has 34 heavy (non-hydrogen) atoms. The van der Waals surface area contributed by atoms with Crippen molar-refractivity contribution in [1.29, 1.82) is 0 Å². The van der Waals surface area contributed by atoms with Gasteiger partial charge in [-0.3, -0.25) is 9.52 Å². The SMILES string of the molecule is CCOC(=O)[C@@H]1CCCN(c2ccc(NS(=O)(=O)c3ccc(C(C)(C)C)cc3)cc2C(=O)O)C1. The lowest BCUT2D eigenvalue weighted by molar-refractivity contribution is -0.148. The summed E-state index contributed by atoms with van der Waals surface area (Å²) in [5.74, 6) is -1.79. The number of carboxylic acid groups (broad SMARTS) is 1. The second kappa shape index (κ2) is 10.0. The van der Waals surface area contributed by atoms with E-state index in [9.17, 15) is 23.1 Å². The Morgan fingerprint density at radius 2 is 1.82 bits per heavy atom. The second-order valence-electron chi connectivity index (χ2n) is 9.45. The first-order valence-corrected chi connectivity index (χ1v) is 12.8. The molecule has 1 saturated heterocycles. The van der Waals surface area contributed by atoms with Gasteiger partial charge in [0.25, 0.3) is 10.0 Å². The topological polar surface area (TPSA) is 113 Å². The average molecular weight is 489 g/mol. The van der Waals surface area contributed by atoms with E-state index in [1.54, 1.807) is 37.3 Å². The predicted molar refractivity (Wildman–Crippen MR) is 131 cm³/mol. The fraction of sp³-hybridized carbons (Fsp3) is 0.440. The summed E-state index contributed by atoms with van der Waals surface area (Å²) in [6, 6.07) is 11.1. The number of benzene rings is 2. The lowest BCUT2D eigenvalue weighted by atomic mass is 9.87. The van der Waals surface area contributed by atoms with Crippen LogP contribution in [0.2, 0.25) is 0 Å². The van der Waals surface area contributed by atoms with Crippen LogP contribution in [-0.2, 0) is 25.0 Å². The minimum absolute atomic E-state index is 0.0345. The van der Waals surface area contributed by atoms with Crippen LogP contribution in [0.4, 0.5) is 11.4 Å². The molecule has 2 aromatic rings. The van der Waals surface area contributed by atoms with E-state index in [4.69, 9.17) is 4.74 Å². The minimum Gasteiger partial charge on any atom is -0.478 e. The fourth-order valence-electron chi connectivity index (χ4n) is 4.04. The van der Waals surface area contributed by atoms with Gasteiger partial charge in [-0.1, -0.05) is 32.9 Å². The van der Waals surface area contributed by atoms with E-state index in [0.717, 1.165) is 12.0 Å². The number of hydrogen-bond donors (Lipinski definition) is 2. The Bertz CT molecular complexity index is 1150. The number of piperidine rings is 1. The number of aromatic carboxylic acids is 1. The summed E-state index contributed by atoms with van der Waals surface area (Å²) >= 11 is 0. The largest absolute Gasteiger partial charge is 0.478 e. The van der Waals surface area contributed by atoms with Gasteiger partial charge in [0, 0.05) is 18.8 Å². The van der Waals surface area contributed by atoms with Crippen molar-refractivity contribution in [3.8, 4) is 0 Å². The maximum atomic E-state index is 12.9. The first-order chi connectivity index (χ1) is 15.9. The summed E-state index contributed by atoms with van der Waals surface area (Å²) in [6.07, 6.45) is 1.41. The van der Waals surface area contributed by atoms with Gasteiger partial charge >= 0.3 is 11.9 Å². The molecular weight excluding hydrogens is 456 g/mol. The summed E-state index contributed by atoms with van der Waals surface area (Å²) < 4.78 is 33.4. The van der Waals surface area contributed by atoms with E-state index in [-0.39, 0.29) is 33.4 Å². The van der Waals surface area contributed by atoms with Crippen LogP contribution in [0.25, 0.3) is 0 Å². The molecule has 0 radical (unpaired) electrons. The molecule has 8 nitrogen and oxygen atoms in total. The fourth-order valence-corrected chi connectivity index (χ4v) is 5.09. The molecule has 1 aliphatic heterocycles. The number of rotatable bonds is 7. The summed E-state index contributed by atoms with van der Waals surface area (Å²) in [4.78, 5) is 26.1. The van der Waals surface area contributed by atoms with E-state index < -0.39 is 16.0 Å². The Balaban J connectivity index is 1.84. The van der Waals surface area contributed by atoms with Crippen LogP contribution in [0.15, 0.2) is 47.4 Å². The van der Waals surface area contributed by atoms with E-state index in [2.05, 4.69) is 4.72 Å². The maximum Gasteiger partial charge on any atom is 0.337 e. The maximum absolute atomic E-state index is 12.9. The van der Waals surface area contributed by atoms with E-state index >= 15 is 0 Å². The van der Waals surface area contributed by atoms with Crippen LogP contribution >= 0.6 is 0 Å². The predicted octanol–water partition coefficient (Wildman–Crippen LogP) is 4.26. The molecule has 9 heteroatoms. The molecule has 1 aliphatic rings. The Morgan fingerprint density at radius 3 is 2.41 bits per heavy atom. The molecule has 1 fully saturated rings. The standard InChI is InChI=1S/C25H32N2O6S/c1-5-33-24(30)17-7-6-14-27(16-17)22-13-10-19(15-21(22)23(28)29)26-34(31,32)20-11-8-18(9-12-20)25(2,3)4/h8-13,15,17,26H,5-7,14,16H2,1-4H3,(H,28,29)/t17-/m1/s1. The van der Waals surface area contributed by atoms with Crippen molar-refractivity contribution >= 4 is 33.3 Å². The van der Waals surface area contributed by atoms with Crippen molar-refractivity contribution in [3.63, 3.8) is 0 Å². The van der Waals surface area contributed by atoms with Gasteiger partial charge in [-0.25, -0.2) is 13.2 Å². The number of carbonyl (C=O) groups excluding carboxylic acids is 1. The van der Waals surface area contributed by atoms with Gasteiger partial charge in [0.05, 0.1) is 28.7 Å². The average Bonchev–Trinajstić information content (AvgIpc) is 2.78. The third-order valence-corrected chi connectivity index (χ3v) is 7.29. The van der Waals surface area contributed by atoms with E-state index in [1.165, 1.54) is 12.1 Å². The highest BCUT2D eigenvalue weighted by atomic mass is 32.2. The number of nitrogens with one attached hydrogen (secondary N) is 1. The highest BCUT2D eigenvalue weighted by Gasteiger charge is 2.29. The van der Waals surface area contributed by atoms with E-state index in [1.807, 2.05) is 25.7 Å². The first kappa shape index (κ1) is 25.6. The quantitative estimate of drug-likeness (QED) is 0.560. The summed E-state index contributed by atoms with van der Waals surface area (Å²) in [5.41, 5.74) is 1.46. The second-order valence-corrected chi connectivity index (χ2v) is 11.1. The van der Waals surface area contributed by atoms with Gasteiger partial charge in [0.1, 0.15) is 0 Å². The lowest BCUT2D eigenvalue weighted by Gasteiger charge is -2.34. The molecule has 3 rings (SSSR count). The van der Waals surface area contributed by atoms with Gasteiger partial charge in [0.2, 0.25) is 0 Å². The Hall–Kier alpha value is -3.07. The van der Waals surface area contributed by atoms with Gasteiger partial charge in [-0.15, -0.1) is 0 Å².